The summed E-state index contributed by atoms with van der Waals surface area (Å²) in [7, 11) is 0. The van der Waals surface area contributed by atoms with Crippen LogP contribution in [0.1, 0.15) is 0 Å². The third-order valence-corrected chi connectivity index (χ3v) is 1.41. The fourth-order valence-electron chi connectivity index (χ4n) is 0.893. The molecule has 0 amide bonds. The maximum atomic E-state index is 4.80. The predicted octanol–water partition coefficient (Wildman–Crippen LogP) is 2.14. The van der Waals surface area contributed by atoms with E-state index in [1.54, 1.807) is 12.5 Å². The molecule has 0 aromatic carbocycles. The van der Waals surface area contributed by atoms with Gasteiger partial charge in [-0.15, -0.1) is 0 Å². The van der Waals surface area contributed by atoms with Crippen LogP contribution >= 0.6 is 0 Å². The molecule has 11 heavy (non-hydrogen) atoms. The predicted molar refractivity (Wildman–Crippen MR) is 40.8 cm³/mol. The van der Waals surface area contributed by atoms with Crippen LogP contribution in [0.25, 0.3) is 11.3 Å². The Kier molecular flexibility index (Phi) is 1.44. The van der Waals surface area contributed by atoms with Crippen molar-refractivity contribution in [2.24, 2.45) is 0 Å². The van der Waals surface area contributed by atoms with Gasteiger partial charge in [0.2, 0.25) is 0 Å². The van der Waals surface area contributed by atoms with Crippen LogP contribution in [0.2, 0.25) is 0 Å². The number of furan rings is 1. The molecule has 0 spiro atoms. The van der Waals surface area contributed by atoms with Crippen LogP contribution in [-0.4, -0.2) is 4.98 Å². The van der Waals surface area contributed by atoms with Crippen LogP contribution in [0.4, 0.5) is 0 Å². The van der Waals surface area contributed by atoms with Gasteiger partial charge >= 0.3 is 0 Å². The lowest BCUT2D eigenvalue weighted by molar-refractivity contribution is 0.559. The van der Waals surface area contributed by atoms with Crippen LogP contribution in [-0.2, 0) is 0 Å². The molecular formula is C9H6NO. The summed E-state index contributed by atoms with van der Waals surface area (Å²) in [6.45, 7) is 0. The van der Waals surface area contributed by atoms with Crippen molar-refractivity contribution in [2.45, 2.75) is 0 Å². The molecule has 0 saturated heterocycles. The van der Waals surface area contributed by atoms with E-state index in [1.165, 1.54) is 0 Å². The molecule has 53 valence electrons. The smallest absolute Gasteiger partial charge is 0.179 e. The lowest BCUT2D eigenvalue weighted by Crippen LogP contribution is -1.76. The second kappa shape index (κ2) is 2.58. The molecule has 2 heterocycles. The second-order valence-electron chi connectivity index (χ2n) is 2.15. The number of nitrogens with zero attached hydrogens (tertiary/aromatic N) is 1. The maximum Gasteiger partial charge on any atom is 0.179 e. The van der Waals surface area contributed by atoms with Crippen LogP contribution in [0.15, 0.2) is 41.1 Å². The summed E-state index contributed by atoms with van der Waals surface area (Å²) in [6, 6.07) is 7.57. The lowest BCUT2D eigenvalue weighted by Gasteiger charge is -1.90. The molecule has 0 fully saturated rings. The SMILES string of the molecule is [c]1occc1-c1ccccn1. The van der Waals surface area contributed by atoms with Crippen LogP contribution in [0, 0.1) is 6.26 Å². The fourth-order valence-corrected chi connectivity index (χ4v) is 0.893. The molecule has 2 aromatic rings. The number of pyridine rings is 1. The standard InChI is InChI=1S/C9H6NO/c1-2-5-10-9(3-1)8-4-6-11-7-8/h1-6H. The molecule has 0 aliphatic rings. The molecular weight excluding hydrogens is 138 g/mol. The summed E-state index contributed by atoms with van der Waals surface area (Å²) in [5.41, 5.74) is 1.78. The minimum atomic E-state index is 0.890. The van der Waals surface area contributed by atoms with Gasteiger partial charge in [0.1, 0.15) is 0 Å². The number of hydrogen-bond acceptors (Lipinski definition) is 2. The van der Waals surface area contributed by atoms with E-state index >= 15 is 0 Å². The number of rotatable bonds is 1. The monoisotopic (exact) mass is 144 g/mol. The first-order valence-corrected chi connectivity index (χ1v) is 3.33. The van der Waals surface area contributed by atoms with E-state index in [9.17, 15) is 0 Å². The summed E-state index contributed by atoms with van der Waals surface area (Å²) in [6.07, 6.45) is 6.05. The average Bonchev–Trinajstić information content (AvgIpc) is 2.58. The Balaban J connectivity index is 2.46. The van der Waals surface area contributed by atoms with Gasteiger partial charge in [-0.1, -0.05) is 6.07 Å². The van der Waals surface area contributed by atoms with Crippen LogP contribution in [0.5, 0.6) is 0 Å². The maximum absolute atomic E-state index is 4.80. The Hall–Kier alpha value is -1.57. The van der Waals surface area contributed by atoms with Gasteiger partial charge in [0.05, 0.1) is 12.0 Å². The molecule has 0 bridgehead atoms. The van der Waals surface area contributed by atoms with Crippen LogP contribution in [0.3, 0.4) is 0 Å². The molecule has 0 saturated carbocycles. The van der Waals surface area contributed by atoms with Crippen molar-refractivity contribution in [1.29, 1.82) is 0 Å². The fraction of sp³-hybridized carbons (Fsp3) is 0. The van der Waals surface area contributed by atoms with E-state index in [-0.39, 0.29) is 0 Å². The lowest BCUT2D eigenvalue weighted by atomic mass is 10.2. The van der Waals surface area contributed by atoms with E-state index in [1.807, 2.05) is 24.3 Å². The highest BCUT2D eigenvalue weighted by Crippen LogP contribution is 2.14. The molecule has 0 atom stereocenters. The van der Waals surface area contributed by atoms with Gasteiger partial charge in [0, 0.05) is 11.8 Å². The summed E-state index contributed by atoms with van der Waals surface area (Å²) >= 11 is 0. The molecule has 2 rings (SSSR count). The first-order chi connectivity index (χ1) is 5.47. The van der Waals surface area contributed by atoms with Crippen molar-refractivity contribution in [2.75, 3.05) is 0 Å². The highest BCUT2D eigenvalue weighted by atomic mass is 16.3. The van der Waals surface area contributed by atoms with E-state index in [0.717, 1.165) is 11.3 Å². The zero-order chi connectivity index (χ0) is 7.52. The number of aromatic nitrogens is 1. The largest absolute Gasteiger partial charge is 0.460 e. The first-order valence-electron chi connectivity index (χ1n) is 3.33. The van der Waals surface area contributed by atoms with Gasteiger partial charge < -0.3 is 4.42 Å². The van der Waals surface area contributed by atoms with Crippen molar-refractivity contribution >= 4 is 0 Å². The Bertz CT molecular complexity index is 313. The molecule has 1 radical (unpaired) electrons. The van der Waals surface area contributed by atoms with Crippen LogP contribution < -0.4 is 0 Å². The van der Waals surface area contributed by atoms with Gasteiger partial charge in [-0.25, -0.2) is 0 Å². The molecule has 2 aromatic heterocycles. The second-order valence-corrected chi connectivity index (χ2v) is 2.15. The molecule has 0 aliphatic carbocycles. The summed E-state index contributed by atoms with van der Waals surface area (Å²) in [5, 5.41) is 0. The Labute approximate surface area is 64.5 Å². The Morgan fingerprint density at radius 3 is 2.91 bits per heavy atom. The third-order valence-electron chi connectivity index (χ3n) is 1.41. The van der Waals surface area contributed by atoms with Crippen molar-refractivity contribution in [3.05, 3.63) is 43.0 Å². The molecule has 2 nitrogen and oxygen atoms in total. The highest BCUT2D eigenvalue weighted by Gasteiger charge is 1.97. The summed E-state index contributed by atoms with van der Waals surface area (Å²) in [4.78, 5) is 4.13. The number of hydrogen-bond donors (Lipinski definition) is 0. The first kappa shape index (κ1) is 6.16. The van der Waals surface area contributed by atoms with Crippen molar-refractivity contribution in [3.63, 3.8) is 0 Å². The van der Waals surface area contributed by atoms with Crippen molar-refractivity contribution in [1.82, 2.24) is 4.98 Å². The summed E-state index contributed by atoms with van der Waals surface area (Å²) in [5.74, 6) is 0. The summed E-state index contributed by atoms with van der Waals surface area (Å²) < 4.78 is 4.80. The molecule has 0 N–H and O–H groups in total. The van der Waals surface area contributed by atoms with Gasteiger partial charge in [-0.05, 0) is 18.2 Å². The zero-order valence-corrected chi connectivity index (χ0v) is 5.82. The minimum absolute atomic E-state index is 0.890. The van der Waals surface area contributed by atoms with Gasteiger partial charge in [0.25, 0.3) is 0 Å². The topological polar surface area (TPSA) is 26.0 Å². The average molecular weight is 144 g/mol. The van der Waals surface area contributed by atoms with Crippen molar-refractivity contribution in [3.8, 4) is 11.3 Å². The van der Waals surface area contributed by atoms with Gasteiger partial charge in [0.15, 0.2) is 6.26 Å². The highest BCUT2D eigenvalue weighted by molar-refractivity contribution is 5.55. The molecule has 0 aliphatic heterocycles. The normalized spacial score (nSPS) is 9.82. The van der Waals surface area contributed by atoms with Gasteiger partial charge in [-0.3, -0.25) is 4.98 Å². The van der Waals surface area contributed by atoms with E-state index in [4.69, 9.17) is 4.42 Å². The minimum Gasteiger partial charge on any atom is -0.460 e. The Morgan fingerprint density at radius 2 is 2.27 bits per heavy atom. The third kappa shape index (κ3) is 1.15. The Morgan fingerprint density at radius 1 is 1.27 bits per heavy atom. The molecule has 2 heteroatoms. The quantitative estimate of drug-likeness (QED) is 0.612. The van der Waals surface area contributed by atoms with E-state index < -0.39 is 0 Å². The van der Waals surface area contributed by atoms with Crippen molar-refractivity contribution < 1.29 is 4.42 Å². The van der Waals surface area contributed by atoms with E-state index in [2.05, 4.69) is 11.2 Å². The molecule has 0 unspecified atom stereocenters. The van der Waals surface area contributed by atoms with Gasteiger partial charge in [-0.2, -0.15) is 0 Å². The van der Waals surface area contributed by atoms with E-state index in [0.29, 0.717) is 0 Å². The zero-order valence-electron chi connectivity index (χ0n) is 5.82.